The van der Waals surface area contributed by atoms with Gasteiger partial charge in [-0.25, -0.2) is 0 Å². The lowest BCUT2D eigenvalue weighted by Gasteiger charge is -2.23. The minimum absolute atomic E-state index is 0.108. The third-order valence-electron chi connectivity index (χ3n) is 5.04. The zero-order valence-electron chi connectivity index (χ0n) is 16.5. The van der Waals surface area contributed by atoms with Gasteiger partial charge in [-0.1, -0.05) is 36.4 Å². The summed E-state index contributed by atoms with van der Waals surface area (Å²) in [6.45, 7) is 8.14. The smallest absolute Gasteiger partial charge is 0.238 e. The molecular formula is C22H28N3O2S+. The van der Waals surface area contributed by atoms with Crippen LogP contribution in [0, 0.1) is 0 Å². The third-order valence-corrected chi connectivity index (χ3v) is 6.32. The Hall–Kier alpha value is -2.31. The molecule has 0 spiro atoms. The van der Waals surface area contributed by atoms with Crippen LogP contribution in [0.1, 0.15) is 31.4 Å². The molecular weight excluding hydrogens is 370 g/mol. The van der Waals surface area contributed by atoms with E-state index >= 15 is 0 Å². The lowest BCUT2D eigenvalue weighted by Crippen LogP contribution is -3.10. The maximum absolute atomic E-state index is 12.3. The largest absolute Gasteiger partial charge is 0.352 e. The van der Waals surface area contributed by atoms with Crippen molar-refractivity contribution in [3.63, 3.8) is 0 Å². The number of thioether (sulfide) groups is 1. The lowest BCUT2D eigenvalue weighted by molar-refractivity contribution is -0.910. The van der Waals surface area contributed by atoms with Crippen molar-refractivity contribution < 1.29 is 14.5 Å². The molecule has 2 amide bonds. The van der Waals surface area contributed by atoms with E-state index in [1.807, 2.05) is 24.3 Å². The first-order valence-corrected chi connectivity index (χ1v) is 10.7. The standard InChI is InChI=1S/C22H27N3O2S/c1-3-25(4-2)15-17-11-9-16(10-12-17)14-23-21(26)13-20-22(27)24-18-7-5-6-8-19(18)28-20/h5-12,20H,3-4,13-15H2,1-2H3,(H,23,26)(H,24,27)/p+1/t20-/m1/s1. The van der Waals surface area contributed by atoms with Gasteiger partial charge in [0.25, 0.3) is 0 Å². The summed E-state index contributed by atoms with van der Waals surface area (Å²) in [4.78, 5) is 27.1. The van der Waals surface area contributed by atoms with E-state index in [2.05, 4.69) is 48.7 Å². The molecule has 0 aliphatic carbocycles. The molecule has 0 radical (unpaired) electrons. The van der Waals surface area contributed by atoms with Gasteiger partial charge < -0.3 is 15.5 Å². The van der Waals surface area contributed by atoms with Crippen LogP contribution in [0.3, 0.4) is 0 Å². The number of anilines is 1. The van der Waals surface area contributed by atoms with Gasteiger partial charge in [0.15, 0.2) is 0 Å². The summed E-state index contributed by atoms with van der Waals surface area (Å²) in [5.41, 5.74) is 3.20. The first kappa shape index (κ1) is 20.4. The highest BCUT2D eigenvalue weighted by Gasteiger charge is 2.28. The summed E-state index contributed by atoms with van der Waals surface area (Å²) < 4.78 is 0. The fourth-order valence-electron chi connectivity index (χ4n) is 3.23. The van der Waals surface area contributed by atoms with E-state index in [0.29, 0.717) is 6.54 Å². The quantitative estimate of drug-likeness (QED) is 0.639. The van der Waals surface area contributed by atoms with Crippen LogP contribution in [0.2, 0.25) is 0 Å². The summed E-state index contributed by atoms with van der Waals surface area (Å²) in [6, 6.07) is 16.1. The fourth-order valence-corrected chi connectivity index (χ4v) is 4.34. The zero-order chi connectivity index (χ0) is 19.9. The monoisotopic (exact) mass is 398 g/mol. The highest BCUT2D eigenvalue weighted by atomic mass is 32.2. The summed E-state index contributed by atoms with van der Waals surface area (Å²) in [6.07, 6.45) is 0.175. The lowest BCUT2D eigenvalue weighted by atomic mass is 10.1. The molecule has 0 aromatic heterocycles. The van der Waals surface area contributed by atoms with Crippen molar-refractivity contribution in [2.45, 2.75) is 43.5 Å². The summed E-state index contributed by atoms with van der Waals surface area (Å²) in [5, 5.41) is 5.42. The van der Waals surface area contributed by atoms with Crippen molar-refractivity contribution in [2.75, 3.05) is 18.4 Å². The molecule has 5 nitrogen and oxygen atoms in total. The SMILES string of the molecule is CC[NH+](CC)Cc1ccc(CNC(=O)C[C@H]2Sc3ccccc3NC2=O)cc1. The van der Waals surface area contributed by atoms with Crippen LogP contribution in [-0.4, -0.2) is 30.2 Å². The van der Waals surface area contributed by atoms with Gasteiger partial charge in [0.1, 0.15) is 6.54 Å². The Morgan fingerprint density at radius 2 is 1.75 bits per heavy atom. The van der Waals surface area contributed by atoms with Crippen molar-refractivity contribution in [2.24, 2.45) is 0 Å². The Bertz CT molecular complexity index is 819. The minimum atomic E-state index is -0.394. The molecule has 1 aliphatic rings. The molecule has 0 saturated heterocycles. The van der Waals surface area contributed by atoms with Crippen molar-refractivity contribution >= 4 is 29.3 Å². The number of hydrogen-bond acceptors (Lipinski definition) is 3. The van der Waals surface area contributed by atoms with Gasteiger partial charge in [0.05, 0.1) is 24.0 Å². The van der Waals surface area contributed by atoms with Crippen LogP contribution in [0.25, 0.3) is 0 Å². The van der Waals surface area contributed by atoms with Gasteiger partial charge in [0, 0.05) is 23.4 Å². The first-order chi connectivity index (χ1) is 13.6. The number of amides is 2. The van der Waals surface area contributed by atoms with Crippen LogP contribution in [0.4, 0.5) is 5.69 Å². The van der Waals surface area contributed by atoms with Crippen LogP contribution >= 0.6 is 11.8 Å². The zero-order valence-corrected chi connectivity index (χ0v) is 17.3. The molecule has 2 aromatic carbocycles. The van der Waals surface area contributed by atoms with Crippen LogP contribution in [-0.2, 0) is 22.7 Å². The Labute approximate surface area is 170 Å². The maximum Gasteiger partial charge on any atom is 0.238 e. The number of carbonyl (C=O) groups is 2. The summed E-state index contributed by atoms with van der Waals surface area (Å²) >= 11 is 1.45. The number of rotatable bonds is 8. The van der Waals surface area contributed by atoms with Gasteiger partial charge in [-0.15, -0.1) is 11.8 Å². The molecule has 3 rings (SSSR count). The van der Waals surface area contributed by atoms with Gasteiger partial charge in [-0.2, -0.15) is 0 Å². The van der Waals surface area contributed by atoms with E-state index in [0.717, 1.165) is 35.8 Å². The Morgan fingerprint density at radius 1 is 1.07 bits per heavy atom. The average molecular weight is 399 g/mol. The second-order valence-corrected chi connectivity index (χ2v) is 8.27. The molecule has 28 heavy (non-hydrogen) atoms. The van der Waals surface area contributed by atoms with E-state index in [4.69, 9.17) is 0 Å². The van der Waals surface area contributed by atoms with Crippen molar-refractivity contribution in [1.29, 1.82) is 0 Å². The molecule has 0 saturated carbocycles. The second kappa shape index (κ2) is 9.75. The van der Waals surface area contributed by atoms with Gasteiger partial charge >= 0.3 is 0 Å². The highest BCUT2D eigenvalue weighted by Crippen LogP contribution is 2.36. The minimum Gasteiger partial charge on any atom is -0.352 e. The van der Waals surface area contributed by atoms with Gasteiger partial charge in [0.2, 0.25) is 11.8 Å². The summed E-state index contributed by atoms with van der Waals surface area (Å²) in [7, 11) is 0. The average Bonchev–Trinajstić information content (AvgIpc) is 2.72. The molecule has 6 heteroatoms. The number of benzene rings is 2. The van der Waals surface area contributed by atoms with Crippen molar-refractivity contribution in [1.82, 2.24) is 5.32 Å². The van der Waals surface area contributed by atoms with Crippen LogP contribution in [0.15, 0.2) is 53.4 Å². The molecule has 0 bridgehead atoms. The number of carbonyl (C=O) groups excluding carboxylic acids is 2. The highest BCUT2D eigenvalue weighted by molar-refractivity contribution is 8.01. The molecule has 2 aromatic rings. The molecule has 0 unspecified atom stereocenters. The first-order valence-electron chi connectivity index (χ1n) is 9.83. The topological polar surface area (TPSA) is 62.6 Å². The van der Waals surface area contributed by atoms with Gasteiger partial charge in [-0.3, -0.25) is 9.59 Å². The Morgan fingerprint density at radius 3 is 2.46 bits per heavy atom. The predicted octanol–water partition coefficient (Wildman–Crippen LogP) is 2.23. The maximum atomic E-state index is 12.3. The molecule has 1 aliphatic heterocycles. The molecule has 148 valence electrons. The molecule has 3 N–H and O–H groups in total. The Kier molecular flexibility index (Phi) is 7.12. The van der Waals surface area contributed by atoms with E-state index in [9.17, 15) is 9.59 Å². The number of fused-ring (bicyclic) bond motifs is 1. The molecule has 0 fully saturated rings. The van der Waals surface area contributed by atoms with Crippen molar-refractivity contribution in [3.8, 4) is 0 Å². The van der Waals surface area contributed by atoms with Crippen LogP contribution < -0.4 is 15.5 Å². The molecule has 1 heterocycles. The summed E-state index contributed by atoms with van der Waals surface area (Å²) in [5.74, 6) is -0.217. The fraction of sp³-hybridized carbons (Fsp3) is 0.364. The number of quaternary nitrogens is 1. The Balaban J connectivity index is 1.49. The van der Waals surface area contributed by atoms with Crippen LogP contribution in [0.5, 0.6) is 0 Å². The van der Waals surface area contributed by atoms with E-state index in [-0.39, 0.29) is 18.2 Å². The van der Waals surface area contributed by atoms with Gasteiger partial charge in [-0.05, 0) is 31.5 Å². The second-order valence-electron chi connectivity index (χ2n) is 7.02. The predicted molar refractivity (Wildman–Crippen MR) is 113 cm³/mol. The third kappa shape index (κ3) is 5.36. The van der Waals surface area contributed by atoms with Crippen molar-refractivity contribution in [3.05, 3.63) is 59.7 Å². The van der Waals surface area contributed by atoms with E-state index in [1.54, 1.807) is 4.90 Å². The number of nitrogens with one attached hydrogen (secondary N) is 3. The normalized spacial score (nSPS) is 15.8. The number of para-hydroxylation sites is 1. The van der Waals surface area contributed by atoms with E-state index < -0.39 is 5.25 Å². The number of hydrogen-bond donors (Lipinski definition) is 3. The molecule has 1 atom stereocenters. The van der Waals surface area contributed by atoms with E-state index in [1.165, 1.54) is 17.3 Å².